The van der Waals surface area contributed by atoms with Gasteiger partial charge in [0.15, 0.2) is 0 Å². The van der Waals surface area contributed by atoms with Crippen LogP contribution in [0.5, 0.6) is 0 Å². The summed E-state index contributed by atoms with van der Waals surface area (Å²) in [6.07, 6.45) is 0.812. The maximum absolute atomic E-state index is 12.8. The number of thiophene rings is 1. The molecule has 8 heteroatoms. The fourth-order valence-corrected chi connectivity index (χ4v) is 3.36. The number of ketones is 1. The fourth-order valence-electron chi connectivity index (χ4n) is 2.46. The number of aliphatic hydroxyl groups is 1. The largest absolute Gasteiger partial charge is 1.00 e. The number of aliphatic carboxylic acids is 1. The van der Waals surface area contributed by atoms with Crippen molar-refractivity contribution in [2.45, 2.75) is 26.3 Å². The number of hydrogen-bond donors (Lipinski definition) is 2. The maximum atomic E-state index is 12.8. The maximum Gasteiger partial charge on any atom is 1.00 e. The number of aryl methyl sites for hydroxylation is 1. The Labute approximate surface area is 204 Å². The van der Waals surface area contributed by atoms with Crippen LogP contribution in [0.2, 0.25) is 0 Å². The van der Waals surface area contributed by atoms with Gasteiger partial charge in [0, 0.05) is 23.0 Å². The summed E-state index contributed by atoms with van der Waals surface area (Å²) in [6.45, 7) is 3.05. The summed E-state index contributed by atoms with van der Waals surface area (Å²) in [5.74, 6) is -3.21. The molecule has 2 aromatic rings. The third-order valence-electron chi connectivity index (χ3n) is 4.05. The molecule has 2 unspecified atom stereocenters. The number of aliphatic hydroxyl groups excluding tert-OH is 1. The van der Waals surface area contributed by atoms with Crippen LogP contribution >= 0.6 is 11.3 Å². The van der Waals surface area contributed by atoms with E-state index >= 15 is 0 Å². The normalized spacial score (nSPS) is 12.6. The van der Waals surface area contributed by atoms with Crippen LogP contribution in [-0.2, 0) is 11.2 Å². The summed E-state index contributed by atoms with van der Waals surface area (Å²) in [4.78, 5) is 38.2. The Bertz CT molecular complexity index is 820. The summed E-state index contributed by atoms with van der Waals surface area (Å²) < 4.78 is 0. The molecule has 1 amide bonds. The molecule has 2 rings (SSSR count). The first-order valence-electron chi connectivity index (χ1n) is 8.24. The van der Waals surface area contributed by atoms with E-state index < -0.39 is 30.4 Å². The number of hydrogen-bond acceptors (Lipinski definition) is 6. The third-order valence-corrected chi connectivity index (χ3v) is 5.28. The van der Waals surface area contributed by atoms with Gasteiger partial charge in [0.05, 0.1) is 22.5 Å². The quantitative estimate of drug-likeness (QED) is 0.385. The second-order valence-electron chi connectivity index (χ2n) is 5.92. The third kappa shape index (κ3) is 6.05. The number of carbonyl (C=O) groups is 3. The SMILES string of the molecule is CCc1ccc(C(=O)c2ccccc2C(=O)NC(C(=O)[O-])C(C)CO)s1.[K+]. The van der Waals surface area contributed by atoms with Crippen LogP contribution < -0.4 is 61.8 Å². The molecule has 138 valence electrons. The van der Waals surface area contributed by atoms with Gasteiger partial charge in [-0.2, -0.15) is 0 Å². The van der Waals surface area contributed by atoms with Crippen LogP contribution in [0, 0.1) is 5.92 Å². The molecule has 2 N–H and O–H groups in total. The van der Waals surface area contributed by atoms with Crippen molar-refractivity contribution in [3.8, 4) is 0 Å². The Morgan fingerprint density at radius 3 is 2.30 bits per heavy atom. The minimum absolute atomic E-state index is 0. The van der Waals surface area contributed by atoms with E-state index in [0.29, 0.717) is 4.88 Å². The van der Waals surface area contributed by atoms with E-state index in [1.165, 1.54) is 30.4 Å². The van der Waals surface area contributed by atoms with Crippen molar-refractivity contribution < 1.29 is 76.0 Å². The summed E-state index contributed by atoms with van der Waals surface area (Å²) >= 11 is 1.37. The molecular weight excluding hydrogens is 393 g/mol. The molecule has 0 fully saturated rings. The molecule has 0 spiro atoms. The van der Waals surface area contributed by atoms with Gasteiger partial charge in [0.2, 0.25) is 5.78 Å². The van der Waals surface area contributed by atoms with Crippen LogP contribution in [0.3, 0.4) is 0 Å². The second-order valence-corrected chi connectivity index (χ2v) is 7.09. The Morgan fingerprint density at radius 2 is 1.78 bits per heavy atom. The molecule has 0 aliphatic rings. The Balaban J connectivity index is 0.00000364. The molecule has 0 aliphatic carbocycles. The molecule has 0 saturated carbocycles. The van der Waals surface area contributed by atoms with Gasteiger partial charge >= 0.3 is 51.4 Å². The van der Waals surface area contributed by atoms with Gasteiger partial charge in [-0.25, -0.2) is 0 Å². The summed E-state index contributed by atoms with van der Waals surface area (Å²) in [5.41, 5.74) is 0.281. The van der Waals surface area contributed by atoms with Crippen LogP contribution in [0.15, 0.2) is 36.4 Å². The Hall–Kier alpha value is -0.874. The van der Waals surface area contributed by atoms with Crippen molar-refractivity contribution in [1.82, 2.24) is 5.32 Å². The van der Waals surface area contributed by atoms with Gasteiger partial charge in [-0.3, -0.25) is 9.59 Å². The molecular formula is C19H20KNO5S. The zero-order valence-electron chi connectivity index (χ0n) is 15.5. The van der Waals surface area contributed by atoms with Crippen molar-refractivity contribution in [1.29, 1.82) is 0 Å². The number of benzene rings is 1. The predicted octanol–water partition coefficient (Wildman–Crippen LogP) is -1.98. The standard InChI is InChI=1S/C19H21NO5S.K/c1-3-12-8-9-15(26-12)17(22)13-6-4-5-7-14(13)18(23)20-16(19(24)25)11(2)10-21;/h4-9,11,16,21H,3,10H2,1-2H3,(H,20,23)(H,24,25);/q;+1/p-1. The molecule has 6 nitrogen and oxygen atoms in total. The Morgan fingerprint density at radius 1 is 1.15 bits per heavy atom. The molecule has 27 heavy (non-hydrogen) atoms. The van der Waals surface area contributed by atoms with Crippen molar-refractivity contribution in [2.75, 3.05) is 6.61 Å². The van der Waals surface area contributed by atoms with Gasteiger partial charge in [-0.15, -0.1) is 11.3 Å². The van der Waals surface area contributed by atoms with E-state index in [0.717, 1.165) is 11.3 Å². The minimum Gasteiger partial charge on any atom is -0.548 e. The van der Waals surface area contributed by atoms with E-state index in [1.54, 1.807) is 18.2 Å². The first-order chi connectivity index (χ1) is 12.4. The van der Waals surface area contributed by atoms with E-state index in [2.05, 4.69) is 5.32 Å². The zero-order chi connectivity index (χ0) is 19.3. The Kier molecular flexibility index (Phi) is 10.0. The molecule has 1 aromatic heterocycles. The van der Waals surface area contributed by atoms with Gasteiger partial charge in [-0.1, -0.05) is 32.0 Å². The summed E-state index contributed by atoms with van der Waals surface area (Å²) in [7, 11) is 0. The first-order valence-corrected chi connectivity index (χ1v) is 9.05. The molecule has 1 aromatic carbocycles. The van der Waals surface area contributed by atoms with E-state index in [1.807, 2.05) is 13.0 Å². The summed E-state index contributed by atoms with van der Waals surface area (Å²) in [6, 6.07) is 8.47. The number of carboxylic acid groups (broad SMARTS) is 1. The van der Waals surface area contributed by atoms with Crippen LogP contribution in [0.4, 0.5) is 0 Å². The average molecular weight is 414 g/mol. The van der Waals surface area contributed by atoms with Crippen LogP contribution in [0.25, 0.3) is 0 Å². The summed E-state index contributed by atoms with van der Waals surface area (Å²) in [5, 5.41) is 22.7. The monoisotopic (exact) mass is 413 g/mol. The fraction of sp³-hybridized carbons (Fsp3) is 0.316. The van der Waals surface area contributed by atoms with Gasteiger partial charge in [-0.05, 0) is 24.6 Å². The van der Waals surface area contributed by atoms with Gasteiger partial charge < -0.3 is 20.3 Å². The smallest absolute Gasteiger partial charge is 0.548 e. The average Bonchev–Trinajstić information content (AvgIpc) is 3.13. The van der Waals surface area contributed by atoms with E-state index in [9.17, 15) is 19.5 Å². The topological polar surface area (TPSA) is 107 Å². The van der Waals surface area contributed by atoms with Crippen molar-refractivity contribution in [3.05, 3.63) is 57.3 Å². The number of nitrogens with one attached hydrogen (secondary N) is 1. The van der Waals surface area contributed by atoms with E-state index in [4.69, 9.17) is 5.11 Å². The molecule has 0 radical (unpaired) electrons. The first kappa shape index (κ1) is 24.2. The number of amides is 1. The minimum atomic E-state index is -1.49. The van der Waals surface area contributed by atoms with Gasteiger partial charge in [0.25, 0.3) is 5.91 Å². The van der Waals surface area contributed by atoms with Crippen LogP contribution in [-0.4, -0.2) is 35.4 Å². The number of carboxylic acids is 1. The molecule has 2 atom stereocenters. The van der Waals surface area contributed by atoms with E-state index in [-0.39, 0.29) is 68.3 Å². The van der Waals surface area contributed by atoms with Crippen LogP contribution in [0.1, 0.15) is 44.3 Å². The second kappa shape index (κ2) is 11.2. The predicted molar refractivity (Wildman–Crippen MR) is 96.1 cm³/mol. The van der Waals surface area contributed by atoms with Crippen molar-refractivity contribution >= 4 is 29.0 Å². The molecule has 0 saturated heterocycles. The zero-order valence-corrected chi connectivity index (χ0v) is 19.5. The molecule has 1 heterocycles. The van der Waals surface area contributed by atoms with Gasteiger partial charge in [0.1, 0.15) is 0 Å². The van der Waals surface area contributed by atoms with Crippen molar-refractivity contribution in [2.24, 2.45) is 5.92 Å². The molecule has 0 bridgehead atoms. The number of rotatable bonds is 8. The molecule has 0 aliphatic heterocycles. The van der Waals surface area contributed by atoms with Crippen molar-refractivity contribution in [3.63, 3.8) is 0 Å². The number of carbonyl (C=O) groups excluding carboxylic acids is 3.